The standard InChI is InChI=1S/C21H21F2NO3/c22-17-8-4-5-15(19(17)23)9-10-18(25)24-13-11-21(12-14-24,20(26)27)16-6-2-1-3-7-16/h1-8H,9-14H2,(H,26,27). The van der Waals surface area contributed by atoms with Crippen LogP contribution in [0.5, 0.6) is 0 Å². The molecule has 0 bridgehead atoms. The number of carboxylic acids is 1. The second kappa shape index (κ2) is 7.86. The summed E-state index contributed by atoms with van der Waals surface area (Å²) in [5.41, 5.74) is -0.0804. The van der Waals surface area contributed by atoms with Gasteiger partial charge < -0.3 is 10.0 Å². The minimum Gasteiger partial charge on any atom is -0.481 e. The van der Waals surface area contributed by atoms with Crippen LogP contribution < -0.4 is 0 Å². The maximum Gasteiger partial charge on any atom is 0.314 e. The van der Waals surface area contributed by atoms with Crippen molar-refractivity contribution < 1.29 is 23.5 Å². The first-order valence-corrected chi connectivity index (χ1v) is 8.93. The third kappa shape index (κ3) is 3.84. The Kier molecular flexibility index (Phi) is 5.54. The molecule has 0 aliphatic carbocycles. The number of carboxylic acid groups (broad SMARTS) is 1. The van der Waals surface area contributed by atoms with Gasteiger partial charge >= 0.3 is 5.97 Å². The zero-order valence-corrected chi connectivity index (χ0v) is 14.8. The normalized spacial score (nSPS) is 16.1. The number of carbonyl (C=O) groups is 2. The summed E-state index contributed by atoms with van der Waals surface area (Å²) in [5.74, 6) is -2.90. The highest BCUT2D eigenvalue weighted by Crippen LogP contribution is 2.36. The number of aryl methyl sites for hydroxylation is 1. The zero-order valence-electron chi connectivity index (χ0n) is 14.8. The highest BCUT2D eigenvalue weighted by atomic mass is 19.2. The summed E-state index contributed by atoms with van der Waals surface area (Å²) < 4.78 is 27.0. The minimum atomic E-state index is -0.993. The van der Waals surface area contributed by atoms with Gasteiger partial charge in [-0.3, -0.25) is 9.59 Å². The highest BCUT2D eigenvalue weighted by Gasteiger charge is 2.43. The molecule has 1 N–H and O–H groups in total. The van der Waals surface area contributed by atoms with Gasteiger partial charge in [-0.2, -0.15) is 0 Å². The maximum absolute atomic E-state index is 13.7. The fraction of sp³-hybridized carbons (Fsp3) is 0.333. The largest absolute Gasteiger partial charge is 0.481 e. The average molecular weight is 373 g/mol. The molecule has 0 aromatic heterocycles. The van der Waals surface area contributed by atoms with Crippen molar-refractivity contribution >= 4 is 11.9 Å². The molecule has 0 unspecified atom stereocenters. The fourth-order valence-electron chi connectivity index (χ4n) is 3.66. The van der Waals surface area contributed by atoms with Crippen LogP contribution in [-0.2, 0) is 21.4 Å². The van der Waals surface area contributed by atoms with Crippen LogP contribution in [0.3, 0.4) is 0 Å². The summed E-state index contributed by atoms with van der Waals surface area (Å²) in [6.07, 6.45) is 0.826. The van der Waals surface area contributed by atoms with Crippen molar-refractivity contribution in [2.24, 2.45) is 0 Å². The van der Waals surface area contributed by atoms with Gasteiger partial charge in [-0.1, -0.05) is 42.5 Å². The third-order valence-electron chi connectivity index (χ3n) is 5.35. The van der Waals surface area contributed by atoms with Crippen LogP contribution in [-0.4, -0.2) is 35.0 Å². The Hall–Kier alpha value is -2.76. The van der Waals surface area contributed by atoms with Crippen LogP contribution in [0.25, 0.3) is 0 Å². The van der Waals surface area contributed by atoms with Gasteiger partial charge in [-0.05, 0) is 36.5 Å². The topological polar surface area (TPSA) is 57.6 Å². The number of rotatable bonds is 5. The van der Waals surface area contributed by atoms with Crippen molar-refractivity contribution in [1.29, 1.82) is 0 Å². The first-order valence-electron chi connectivity index (χ1n) is 8.93. The van der Waals surface area contributed by atoms with Crippen LogP contribution in [0.2, 0.25) is 0 Å². The molecule has 0 atom stereocenters. The fourth-order valence-corrected chi connectivity index (χ4v) is 3.66. The molecule has 4 nitrogen and oxygen atoms in total. The number of hydrogen-bond donors (Lipinski definition) is 1. The average Bonchev–Trinajstić information content (AvgIpc) is 2.69. The van der Waals surface area contributed by atoms with E-state index in [1.165, 1.54) is 12.1 Å². The highest BCUT2D eigenvalue weighted by molar-refractivity contribution is 5.82. The van der Waals surface area contributed by atoms with E-state index in [0.717, 1.165) is 11.6 Å². The third-order valence-corrected chi connectivity index (χ3v) is 5.35. The molecule has 1 amide bonds. The number of carbonyl (C=O) groups excluding carboxylic acids is 1. The number of benzene rings is 2. The molecule has 142 valence electrons. The van der Waals surface area contributed by atoms with Crippen LogP contribution >= 0.6 is 0 Å². The number of hydrogen-bond acceptors (Lipinski definition) is 2. The maximum atomic E-state index is 13.7. The summed E-state index contributed by atoms with van der Waals surface area (Å²) in [4.78, 5) is 26.0. The van der Waals surface area contributed by atoms with Gasteiger partial charge in [0.2, 0.25) is 5.91 Å². The SMILES string of the molecule is O=C(CCc1cccc(F)c1F)N1CCC(C(=O)O)(c2ccccc2)CC1. The van der Waals surface area contributed by atoms with E-state index in [-0.39, 0.29) is 24.3 Å². The van der Waals surface area contributed by atoms with E-state index < -0.39 is 23.0 Å². The predicted octanol–water partition coefficient (Wildman–Crippen LogP) is 3.54. The van der Waals surface area contributed by atoms with Gasteiger partial charge in [0, 0.05) is 19.5 Å². The van der Waals surface area contributed by atoms with Crippen molar-refractivity contribution in [2.45, 2.75) is 31.1 Å². The Balaban J connectivity index is 1.63. The molecule has 2 aromatic rings. The molecule has 2 aromatic carbocycles. The van der Waals surface area contributed by atoms with Gasteiger partial charge in [0.15, 0.2) is 11.6 Å². The predicted molar refractivity (Wildman–Crippen MR) is 96.2 cm³/mol. The molecule has 1 aliphatic rings. The zero-order chi connectivity index (χ0) is 19.4. The lowest BCUT2D eigenvalue weighted by Crippen LogP contribution is -2.49. The number of amides is 1. The van der Waals surface area contributed by atoms with E-state index in [1.807, 2.05) is 18.2 Å². The van der Waals surface area contributed by atoms with Gasteiger partial charge in [-0.15, -0.1) is 0 Å². The van der Waals surface area contributed by atoms with Gasteiger partial charge in [0.25, 0.3) is 0 Å². The van der Waals surface area contributed by atoms with E-state index in [1.54, 1.807) is 17.0 Å². The summed E-state index contributed by atoms with van der Waals surface area (Å²) in [6.45, 7) is 0.650. The number of halogens is 2. The van der Waals surface area contributed by atoms with Gasteiger partial charge in [0.05, 0.1) is 5.41 Å². The van der Waals surface area contributed by atoms with Crippen LogP contribution in [0.1, 0.15) is 30.4 Å². The lowest BCUT2D eigenvalue weighted by atomic mass is 9.73. The molecule has 1 heterocycles. The Morgan fingerprint density at radius 2 is 1.67 bits per heavy atom. The van der Waals surface area contributed by atoms with Gasteiger partial charge in [0.1, 0.15) is 0 Å². The second-order valence-corrected chi connectivity index (χ2v) is 6.85. The summed E-state index contributed by atoms with van der Waals surface area (Å²) >= 11 is 0. The first kappa shape index (κ1) is 19.0. The van der Waals surface area contributed by atoms with Crippen molar-refractivity contribution in [3.8, 4) is 0 Å². The Bertz CT molecular complexity index is 831. The number of aliphatic carboxylic acids is 1. The van der Waals surface area contributed by atoms with E-state index >= 15 is 0 Å². The number of nitrogens with zero attached hydrogens (tertiary/aromatic N) is 1. The second-order valence-electron chi connectivity index (χ2n) is 6.85. The number of likely N-dealkylation sites (tertiary alicyclic amines) is 1. The van der Waals surface area contributed by atoms with E-state index in [0.29, 0.717) is 25.9 Å². The van der Waals surface area contributed by atoms with E-state index in [2.05, 4.69) is 0 Å². The molecular weight excluding hydrogens is 352 g/mol. The Morgan fingerprint density at radius 3 is 2.30 bits per heavy atom. The first-order chi connectivity index (χ1) is 12.9. The molecule has 0 saturated carbocycles. The summed E-state index contributed by atoms with van der Waals surface area (Å²) in [5, 5.41) is 9.79. The lowest BCUT2D eigenvalue weighted by molar-refractivity contribution is -0.148. The molecule has 27 heavy (non-hydrogen) atoms. The molecule has 3 rings (SSSR count). The smallest absolute Gasteiger partial charge is 0.314 e. The molecule has 1 fully saturated rings. The summed E-state index contributed by atoms with van der Waals surface area (Å²) in [6, 6.07) is 13.0. The van der Waals surface area contributed by atoms with Crippen molar-refractivity contribution in [1.82, 2.24) is 4.90 Å². The molecule has 1 aliphatic heterocycles. The monoisotopic (exact) mass is 373 g/mol. The minimum absolute atomic E-state index is 0.0613. The summed E-state index contributed by atoms with van der Waals surface area (Å²) in [7, 11) is 0. The molecule has 1 saturated heterocycles. The van der Waals surface area contributed by atoms with Crippen molar-refractivity contribution in [2.75, 3.05) is 13.1 Å². The number of piperidine rings is 1. The van der Waals surface area contributed by atoms with Crippen LogP contribution in [0, 0.1) is 11.6 Å². The lowest BCUT2D eigenvalue weighted by Gasteiger charge is -2.39. The van der Waals surface area contributed by atoms with Gasteiger partial charge in [-0.25, -0.2) is 8.78 Å². The van der Waals surface area contributed by atoms with Crippen molar-refractivity contribution in [3.63, 3.8) is 0 Å². The quantitative estimate of drug-likeness (QED) is 0.872. The van der Waals surface area contributed by atoms with E-state index in [9.17, 15) is 23.5 Å². The molecule has 0 radical (unpaired) electrons. The van der Waals surface area contributed by atoms with Crippen molar-refractivity contribution in [3.05, 3.63) is 71.3 Å². The Labute approximate surface area is 156 Å². The Morgan fingerprint density at radius 1 is 1.00 bits per heavy atom. The molecular formula is C21H21F2NO3. The van der Waals surface area contributed by atoms with E-state index in [4.69, 9.17) is 0 Å². The molecule has 6 heteroatoms. The van der Waals surface area contributed by atoms with Crippen LogP contribution in [0.4, 0.5) is 8.78 Å². The van der Waals surface area contributed by atoms with Crippen LogP contribution in [0.15, 0.2) is 48.5 Å². The molecule has 0 spiro atoms.